The maximum absolute atomic E-state index is 11.1. The van der Waals surface area contributed by atoms with Gasteiger partial charge in [0.05, 0.1) is 7.11 Å². The SMILES string of the molecule is COc1ccccc1Oc1cc(C)ncc1C(=O)O. The molecule has 0 bridgehead atoms. The fourth-order valence-corrected chi connectivity index (χ4v) is 1.60. The van der Waals surface area contributed by atoms with Crippen LogP contribution in [0.1, 0.15) is 16.1 Å². The quantitative estimate of drug-likeness (QED) is 0.914. The molecule has 1 heterocycles. The van der Waals surface area contributed by atoms with E-state index in [9.17, 15) is 4.79 Å². The van der Waals surface area contributed by atoms with Crippen LogP contribution in [0, 0.1) is 6.92 Å². The molecule has 2 aromatic rings. The summed E-state index contributed by atoms with van der Waals surface area (Å²) in [4.78, 5) is 15.1. The molecular formula is C14H13NO4. The second-order valence-corrected chi connectivity index (χ2v) is 3.88. The van der Waals surface area contributed by atoms with E-state index in [0.717, 1.165) is 0 Å². The molecule has 0 aliphatic rings. The number of carbonyl (C=O) groups is 1. The van der Waals surface area contributed by atoms with Crippen LogP contribution in [0.5, 0.6) is 17.2 Å². The van der Waals surface area contributed by atoms with Gasteiger partial charge in [-0.2, -0.15) is 0 Å². The van der Waals surface area contributed by atoms with Gasteiger partial charge < -0.3 is 14.6 Å². The van der Waals surface area contributed by atoms with Crippen LogP contribution in [0.4, 0.5) is 0 Å². The Morgan fingerprint density at radius 1 is 1.21 bits per heavy atom. The first-order valence-electron chi connectivity index (χ1n) is 5.62. The maximum Gasteiger partial charge on any atom is 0.341 e. The lowest BCUT2D eigenvalue weighted by atomic mass is 10.2. The molecule has 1 N–H and O–H groups in total. The topological polar surface area (TPSA) is 68.7 Å². The normalized spacial score (nSPS) is 10.0. The first-order chi connectivity index (χ1) is 9.11. The predicted octanol–water partition coefficient (Wildman–Crippen LogP) is 2.89. The summed E-state index contributed by atoms with van der Waals surface area (Å²) in [6, 6.07) is 8.62. The van der Waals surface area contributed by atoms with Crippen LogP contribution in [0.3, 0.4) is 0 Å². The Kier molecular flexibility index (Phi) is 3.66. The third-order valence-electron chi connectivity index (χ3n) is 2.52. The minimum atomic E-state index is -1.09. The summed E-state index contributed by atoms with van der Waals surface area (Å²) >= 11 is 0. The number of carboxylic acids is 1. The maximum atomic E-state index is 11.1. The Morgan fingerprint density at radius 3 is 2.53 bits per heavy atom. The molecule has 0 atom stereocenters. The number of ether oxygens (including phenoxy) is 2. The molecule has 0 saturated carbocycles. The van der Waals surface area contributed by atoms with Gasteiger partial charge in [-0.1, -0.05) is 12.1 Å². The molecule has 5 nitrogen and oxygen atoms in total. The van der Waals surface area contributed by atoms with Gasteiger partial charge >= 0.3 is 5.97 Å². The summed E-state index contributed by atoms with van der Waals surface area (Å²) in [5.41, 5.74) is 0.686. The molecule has 0 aliphatic carbocycles. The average molecular weight is 259 g/mol. The van der Waals surface area contributed by atoms with Crippen LogP contribution in [0.2, 0.25) is 0 Å². The second kappa shape index (κ2) is 5.39. The minimum absolute atomic E-state index is 0.0107. The molecule has 98 valence electrons. The summed E-state index contributed by atoms with van der Waals surface area (Å²) in [5.74, 6) is 0.147. The molecule has 1 aromatic heterocycles. The Balaban J connectivity index is 2.42. The van der Waals surface area contributed by atoms with Crippen molar-refractivity contribution < 1.29 is 19.4 Å². The minimum Gasteiger partial charge on any atom is -0.493 e. The number of aryl methyl sites for hydroxylation is 1. The van der Waals surface area contributed by atoms with E-state index in [4.69, 9.17) is 14.6 Å². The van der Waals surface area contributed by atoms with Gasteiger partial charge in [0.25, 0.3) is 0 Å². The van der Waals surface area contributed by atoms with Gasteiger partial charge in [-0.15, -0.1) is 0 Å². The highest BCUT2D eigenvalue weighted by atomic mass is 16.5. The van der Waals surface area contributed by atoms with Crippen molar-refractivity contribution in [1.82, 2.24) is 4.98 Å². The van der Waals surface area contributed by atoms with Gasteiger partial charge in [0, 0.05) is 18.0 Å². The zero-order valence-electron chi connectivity index (χ0n) is 10.6. The number of nitrogens with zero attached hydrogens (tertiary/aromatic N) is 1. The fraction of sp³-hybridized carbons (Fsp3) is 0.143. The van der Waals surface area contributed by atoms with Crippen LogP contribution in [0.15, 0.2) is 36.5 Å². The lowest BCUT2D eigenvalue weighted by molar-refractivity contribution is 0.0693. The molecule has 19 heavy (non-hydrogen) atoms. The van der Waals surface area contributed by atoms with E-state index in [1.165, 1.54) is 13.3 Å². The Bertz CT molecular complexity index is 610. The number of rotatable bonds is 4. The zero-order valence-corrected chi connectivity index (χ0v) is 10.6. The van der Waals surface area contributed by atoms with E-state index < -0.39 is 5.97 Å². The van der Waals surface area contributed by atoms with Crippen molar-refractivity contribution in [2.24, 2.45) is 0 Å². The number of benzene rings is 1. The average Bonchev–Trinajstić information content (AvgIpc) is 2.39. The van der Waals surface area contributed by atoms with E-state index >= 15 is 0 Å². The van der Waals surface area contributed by atoms with Crippen LogP contribution < -0.4 is 9.47 Å². The molecule has 1 aromatic carbocycles. The summed E-state index contributed by atoms with van der Waals surface area (Å²) in [7, 11) is 1.53. The van der Waals surface area contributed by atoms with Gasteiger partial charge in [0.1, 0.15) is 11.3 Å². The van der Waals surface area contributed by atoms with Crippen LogP contribution >= 0.6 is 0 Å². The number of carboxylic acid groups (broad SMARTS) is 1. The third kappa shape index (κ3) is 2.82. The highest BCUT2D eigenvalue weighted by molar-refractivity contribution is 5.90. The van der Waals surface area contributed by atoms with E-state index in [0.29, 0.717) is 17.2 Å². The van der Waals surface area contributed by atoms with Crippen LogP contribution in [-0.4, -0.2) is 23.2 Å². The lowest BCUT2D eigenvalue weighted by Gasteiger charge is -2.12. The predicted molar refractivity (Wildman–Crippen MR) is 69.0 cm³/mol. The molecule has 0 fully saturated rings. The largest absolute Gasteiger partial charge is 0.493 e. The van der Waals surface area contributed by atoms with Gasteiger partial charge in [-0.3, -0.25) is 4.98 Å². The Hall–Kier alpha value is -2.56. The molecule has 0 aliphatic heterocycles. The van der Waals surface area contributed by atoms with Crippen molar-refractivity contribution in [3.63, 3.8) is 0 Å². The second-order valence-electron chi connectivity index (χ2n) is 3.88. The van der Waals surface area contributed by atoms with Gasteiger partial charge in [0.15, 0.2) is 11.5 Å². The Morgan fingerprint density at radius 2 is 1.89 bits per heavy atom. The van der Waals surface area contributed by atoms with Crippen LogP contribution in [0.25, 0.3) is 0 Å². The van der Waals surface area contributed by atoms with E-state index in [2.05, 4.69) is 4.98 Å². The first kappa shape index (κ1) is 12.9. The van der Waals surface area contributed by atoms with Gasteiger partial charge in [0.2, 0.25) is 0 Å². The molecule has 0 amide bonds. The molecule has 0 spiro atoms. The van der Waals surface area contributed by atoms with E-state index in [-0.39, 0.29) is 11.3 Å². The molecule has 2 rings (SSSR count). The summed E-state index contributed by atoms with van der Waals surface area (Å²) in [6.07, 6.45) is 1.28. The molecule has 0 radical (unpaired) electrons. The number of hydrogen-bond acceptors (Lipinski definition) is 4. The van der Waals surface area contributed by atoms with Crippen molar-refractivity contribution in [2.45, 2.75) is 6.92 Å². The monoisotopic (exact) mass is 259 g/mol. The van der Waals surface area contributed by atoms with Gasteiger partial charge in [-0.05, 0) is 19.1 Å². The van der Waals surface area contributed by atoms with Gasteiger partial charge in [-0.25, -0.2) is 4.79 Å². The highest BCUT2D eigenvalue weighted by Crippen LogP contribution is 2.32. The smallest absolute Gasteiger partial charge is 0.341 e. The summed E-state index contributed by atoms with van der Waals surface area (Å²) < 4.78 is 10.8. The highest BCUT2D eigenvalue weighted by Gasteiger charge is 2.14. The first-order valence-corrected chi connectivity index (χ1v) is 5.62. The van der Waals surface area contributed by atoms with E-state index in [1.807, 2.05) is 6.07 Å². The number of aromatic carboxylic acids is 1. The standard InChI is InChI=1S/C14H13NO4/c1-9-7-13(10(8-15-9)14(16)17)19-12-6-4-3-5-11(12)18-2/h3-8H,1-2H3,(H,16,17). The van der Waals surface area contributed by atoms with Crippen molar-refractivity contribution in [2.75, 3.05) is 7.11 Å². The number of hydrogen-bond donors (Lipinski definition) is 1. The molecule has 0 unspecified atom stereocenters. The number of para-hydroxylation sites is 2. The lowest BCUT2D eigenvalue weighted by Crippen LogP contribution is -2.02. The number of pyridine rings is 1. The third-order valence-corrected chi connectivity index (χ3v) is 2.52. The van der Waals surface area contributed by atoms with Crippen molar-refractivity contribution >= 4 is 5.97 Å². The van der Waals surface area contributed by atoms with Crippen molar-refractivity contribution in [3.05, 3.63) is 47.8 Å². The number of aromatic nitrogens is 1. The fourth-order valence-electron chi connectivity index (χ4n) is 1.60. The molecule has 5 heteroatoms. The van der Waals surface area contributed by atoms with E-state index in [1.54, 1.807) is 31.2 Å². The number of methoxy groups -OCH3 is 1. The molecular weight excluding hydrogens is 246 g/mol. The summed E-state index contributed by atoms with van der Waals surface area (Å²) in [6.45, 7) is 1.76. The van der Waals surface area contributed by atoms with Crippen LogP contribution in [-0.2, 0) is 0 Å². The zero-order chi connectivity index (χ0) is 13.8. The van der Waals surface area contributed by atoms with Crippen molar-refractivity contribution in [1.29, 1.82) is 0 Å². The van der Waals surface area contributed by atoms with Crippen molar-refractivity contribution in [3.8, 4) is 17.2 Å². The molecule has 0 saturated heterocycles. The Labute approximate surface area is 110 Å². The summed E-state index contributed by atoms with van der Waals surface area (Å²) in [5, 5.41) is 9.11.